The van der Waals surface area contributed by atoms with Gasteiger partial charge in [-0.15, -0.1) is 0 Å². The number of hydrogen-bond acceptors (Lipinski definition) is 5. The smallest absolute Gasteiger partial charge is 0.243 e. The number of aromatic nitrogens is 2. The van der Waals surface area contributed by atoms with Gasteiger partial charge in [0.15, 0.2) is 0 Å². The lowest BCUT2D eigenvalue weighted by Crippen LogP contribution is -2.42. The molecule has 1 fully saturated rings. The van der Waals surface area contributed by atoms with Crippen molar-refractivity contribution in [2.75, 3.05) is 19.7 Å². The topological polar surface area (TPSA) is 73.7 Å². The molecule has 0 saturated carbocycles. The molecule has 2 aliphatic rings. The van der Waals surface area contributed by atoms with Gasteiger partial charge in [-0.25, -0.2) is 8.42 Å². The molecule has 2 unspecified atom stereocenters. The van der Waals surface area contributed by atoms with Gasteiger partial charge in [0.25, 0.3) is 0 Å². The van der Waals surface area contributed by atoms with Gasteiger partial charge in [0.1, 0.15) is 11.9 Å². The summed E-state index contributed by atoms with van der Waals surface area (Å²) < 4.78 is 41.0. The Labute approximate surface area is 153 Å². The lowest BCUT2D eigenvalue weighted by atomic mass is 10.1. The number of ether oxygens (including phenoxy) is 2. The maximum absolute atomic E-state index is 13.1. The predicted octanol–water partition coefficient (Wildman–Crippen LogP) is 1.99. The third-order valence-corrected chi connectivity index (χ3v) is 6.74. The summed E-state index contributed by atoms with van der Waals surface area (Å²) in [5.74, 6) is 0.781. The maximum Gasteiger partial charge on any atom is 0.243 e. The first kappa shape index (κ1) is 17.5. The van der Waals surface area contributed by atoms with Crippen LogP contribution in [-0.4, -0.2) is 48.3 Å². The van der Waals surface area contributed by atoms with Crippen LogP contribution in [0.15, 0.2) is 35.5 Å². The van der Waals surface area contributed by atoms with E-state index in [2.05, 4.69) is 5.10 Å². The molecule has 2 atom stereocenters. The van der Waals surface area contributed by atoms with Crippen LogP contribution in [0.1, 0.15) is 31.1 Å². The molecule has 3 heterocycles. The highest BCUT2D eigenvalue weighted by Gasteiger charge is 2.33. The third-order valence-electron chi connectivity index (χ3n) is 4.88. The zero-order valence-electron chi connectivity index (χ0n) is 15.0. The summed E-state index contributed by atoms with van der Waals surface area (Å²) in [5.41, 5.74) is 1.86. The number of hydrogen-bond donors (Lipinski definition) is 0. The predicted molar refractivity (Wildman–Crippen MR) is 95.6 cm³/mol. The van der Waals surface area contributed by atoms with Crippen LogP contribution in [0.2, 0.25) is 0 Å². The van der Waals surface area contributed by atoms with Crippen LogP contribution in [-0.2, 0) is 27.7 Å². The molecule has 140 valence electrons. The van der Waals surface area contributed by atoms with E-state index in [1.807, 2.05) is 24.7 Å². The molecular weight excluding hydrogens is 354 g/mol. The fraction of sp³-hybridized carbons (Fsp3) is 0.500. The number of aryl methyl sites for hydroxylation is 1. The molecule has 0 bridgehead atoms. The van der Waals surface area contributed by atoms with E-state index in [1.54, 1.807) is 24.4 Å². The third kappa shape index (κ3) is 3.13. The molecule has 26 heavy (non-hydrogen) atoms. The molecule has 2 aromatic rings. The first-order valence-corrected chi connectivity index (χ1v) is 10.3. The van der Waals surface area contributed by atoms with Gasteiger partial charge in [-0.05, 0) is 37.6 Å². The van der Waals surface area contributed by atoms with Gasteiger partial charge < -0.3 is 9.47 Å². The van der Waals surface area contributed by atoms with E-state index in [0.717, 1.165) is 29.8 Å². The Morgan fingerprint density at radius 1 is 1.35 bits per heavy atom. The normalized spacial score (nSPS) is 23.6. The van der Waals surface area contributed by atoms with Gasteiger partial charge in [-0.2, -0.15) is 9.40 Å². The van der Waals surface area contributed by atoms with E-state index in [9.17, 15) is 8.42 Å². The van der Waals surface area contributed by atoms with E-state index in [4.69, 9.17) is 9.47 Å². The van der Waals surface area contributed by atoms with Crippen molar-refractivity contribution in [3.05, 3.63) is 41.7 Å². The second kappa shape index (κ2) is 6.68. The van der Waals surface area contributed by atoms with Gasteiger partial charge >= 0.3 is 0 Å². The summed E-state index contributed by atoms with van der Waals surface area (Å²) in [6, 6.07) is 5.13. The number of nitrogens with zero attached hydrogens (tertiary/aromatic N) is 3. The van der Waals surface area contributed by atoms with Gasteiger partial charge in [0, 0.05) is 37.8 Å². The van der Waals surface area contributed by atoms with Crippen LogP contribution in [0.5, 0.6) is 5.75 Å². The van der Waals surface area contributed by atoms with Crippen molar-refractivity contribution in [2.45, 2.75) is 43.9 Å². The fourth-order valence-corrected chi connectivity index (χ4v) is 4.95. The van der Waals surface area contributed by atoms with E-state index in [-0.39, 0.29) is 12.2 Å². The van der Waals surface area contributed by atoms with Crippen LogP contribution in [0.25, 0.3) is 0 Å². The van der Waals surface area contributed by atoms with Crippen molar-refractivity contribution >= 4 is 10.0 Å². The summed E-state index contributed by atoms with van der Waals surface area (Å²) in [4.78, 5) is 0.318. The zero-order valence-corrected chi connectivity index (χ0v) is 15.8. The quantitative estimate of drug-likeness (QED) is 0.815. The number of fused-ring (bicyclic) bond motifs is 1. The molecule has 1 aromatic carbocycles. The van der Waals surface area contributed by atoms with Crippen molar-refractivity contribution in [1.82, 2.24) is 14.1 Å². The molecule has 4 rings (SSSR count). The number of morpholine rings is 1. The average molecular weight is 377 g/mol. The Balaban J connectivity index is 1.57. The minimum atomic E-state index is -3.57. The molecule has 8 heteroatoms. The lowest BCUT2D eigenvalue weighted by Gasteiger charge is -2.31. The second-order valence-corrected chi connectivity index (χ2v) is 8.69. The molecule has 7 nitrogen and oxygen atoms in total. The Kier molecular flexibility index (Phi) is 4.50. The number of rotatable bonds is 4. The largest absolute Gasteiger partial charge is 0.490 e. The van der Waals surface area contributed by atoms with E-state index in [1.165, 1.54) is 4.31 Å². The van der Waals surface area contributed by atoms with E-state index >= 15 is 0 Å². The minimum Gasteiger partial charge on any atom is -0.490 e. The van der Waals surface area contributed by atoms with Gasteiger partial charge in [-0.3, -0.25) is 4.68 Å². The SMILES string of the molecule is CCn1cc(C2CN(S(=O)(=O)c3ccc4c(c3)CC(C)O4)CCO2)cn1. The summed E-state index contributed by atoms with van der Waals surface area (Å²) in [6.45, 7) is 5.77. The highest BCUT2D eigenvalue weighted by atomic mass is 32.2. The van der Waals surface area contributed by atoms with Crippen LogP contribution in [0.3, 0.4) is 0 Å². The van der Waals surface area contributed by atoms with Gasteiger partial charge in [-0.1, -0.05) is 0 Å². The highest BCUT2D eigenvalue weighted by Crippen LogP contribution is 2.33. The minimum absolute atomic E-state index is 0.0887. The first-order valence-electron chi connectivity index (χ1n) is 8.91. The van der Waals surface area contributed by atoms with Crippen molar-refractivity contribution in [1.29, 1.82) is 0 Å². The van der Waals surface area contributed by atoms with Crippen molar-refractivity contribution in [2.24, 2.45) is 0 Å². The number of sulfonamides is 1. The molecule has 0 spiro atoms. The van der Waals surface area contributed by atoms with Crippen molar-refractivity contribution < 1.29 is 17.9 Å². The Morgan fingerprint density at radius 2 is 2.19 bits per heavy atom. The molecule has 0 radical (unpaired) electrons. The Morgan fingerprint density at radius 3 is 2.96 bits per heavy atom. The van der Waals surface area contributed by atoms with Gasteiger partial charge in [0.2, 0.25) is 10.0 Å². The van der Waals surface area contributed by atoms with Crippen LogP contribution < -0.4 is 4.74 Å². The lowest BCUT2D eigenvalue weighted by molar-refractivity contribution is -0.00260. The van der Waals surface area contributed by atoms with Crippen LogP contribution >= 0.6 is 0 Å². The molecule has 2 aliphatic heterocycles. The number of benzene rings is 1. The summed E-state index contributed by atoms with van der Waals surface area (Å²) in [6.07, 6.45) is 4.19. The van der Waals surface area contributed by atoms with Crippen LogP contribution in [0.4, 0.5) is 0 Å². The molecular formula is C18H23N3O4S. The summed E-state index contributed by atoms with van der Waals surface area (Å²) >= 11 is 0. The molecule has 0 amide bonds. The summed E-state index contributed by atoms with van der Waals surface area (Å²) in [7, 11) is -3.57. The monoisotopic (exact) mass is 377 g/mol. The molecule has 0 aliphatic carbocycles. The van der Waals surface area contributed by atoms with Crippen molar-refractivity contribution in [3.8, 4) is 5.75 Å². The zero-order chi connectivity index (χ0) is 18.3. The van der Waals surface area contributed by atoms with Crippen molar-refractivity contribution in [3.63, 3.8) is 0 Å². The molecule has 1 saturated heterocycles. The Hall–Kier alpha value is -1.90. The van der Waals surface area contributed by atoms with E-state index < -0.39 is 10.0 Å². The second-order valence-electron chi connectivity index (χ2n) is 6.75. The average Bonchev–Trinajstić information content (AvgIpc) is 3.26. The fourth-order valence-electron chi connectivity index (χ4n) is 3.47. The van der Waals surface area contributed by atoms with E-state index in [0.29, 0.717) is 24.6 Å². The summed E-state index contributed by atoms with van der Waals surface area (Å²) in [5, 5.41) is 4.26. The Bertz CT molecular complexity index is 909. The first-order chi connectivity index (χ1) is 12.5. The van der Waals surface area contributed by atoms with Crippen LogP contribution in [0, 0.1) is 0 Å². The maximum atomic E-state index is 13.1. The molecule has 0 N–H and O–H groups in total. The molecule has 1 aromatic heterocycles. The standard InChI is InChI=1S/C18H23N3O4S/c1-3-20-11-15(10-19-20)18-12-21(6-7-24-18)26(22,23)16-4-5-17-14(9-16)8-13(2)25-17/h4-5,9-11,13,18H,3,6-8,12H2,1-2H3. The highest BCUT2D eigenvalue weighted by molar-refractivity contribution is 7.89. The van der Waals surface area contributed by atoms with Gasteiger partial charge in [0.05, 0.1) is 23.8 Å².